The average Bonchev–Trinajstić information content (AvgIpc) is 2.75. The van der Waals surface area contributed by atoms with Crippen molar-refractivity contribution in [3.63, 3.8) is 0 Å². The van der Waals surface area contributed by atoms with E-state index in [9.17, 15) is 4.57 Å². The summed E-state index contributed by atoms with van der Waals surface area (Å²) in [5, 5.41) is 6.40. The second kappa shape index (κ2) is 8.15. The van der Waals surface area contributed by atoms with Crippen LogP contribution in [0.25, 0.3) is 0 Å². The summed E-state index contributed by atoms with van der Waals surface area (Å²) in [6, 6.07) is 28.4. The number of nitrogens with one attached hydrogen (secondary N) is 1. The zero-order chi connectivity index (χ0) is 18.5. The Hall–Kier alpha value is -2.31. The second-order valence-electron chi connectivity index (χ2n) is 7.28. The fraction of sp³-hybridized carbons (Fsp3) is 0.250. The molecule has 0 unspecified atom stereocenters. The van der Waals surface area contributed by atoms with Crippen LogP contribution in [-0.4, -0.2) is 6.04 Å². The van der Waals surface area contributed by atoms with Crippen LogP contribution in [0.2, 0.25) is 0 Å². The van der Waals surface area contributed by atoms with Crippen LogP contribution in [-0.2, 0) is 4.57 Å². The Kier molecular flexibility index (Phi) is 5.45. The smallest absolute Gasteiger partial charge is 0.173 e. The molecule has 0 aliphatic heterocycles. The highest BCUT2D eigenvalue weighted by molar-refractivity contribution is 7.85. The molecule has 1 N–H and O–H groups in total. The Morgan fingerprint density at radius 1 is 0.667 bits per heavy atom. The summed E-state index contributed by atoms with van der Waals surface area (Å²) in [6.07, 6.45) is 6.25. The Morgan fingerprint density at radius 3 is 1.78 bits per heavy atom. The second-order valence-corrected chi connectivity index (χ2v) is 10.0. The maximum atomic E-state index is 14.6. The van der Waals surface area contributed by atoms with Crippen molar-refractivity contribution in [2.24, 2.45) is 0 Å². The molecule has 3 aromatic carbocycles. The van der Waals surface area contributed by atoms with E-state index in [0.29, 0.717) is 6.04 Å². The van der Waals surface area contributed by atoms with E-state index in [1.165, 1.54) is 32.1 Å². The lowest BCUT2D eigenvalue weighted by Crippen LogP contribution is -2.30. The van der Waals surface area contributed by atoms with Crippen molar-refractivity contribution >= 4 is 28.7 Å². The minimum atomic E-state index is -2.94. The average molecular weight is 375 g/mol. The highest BCUT2D eigenvalue weighted by Gasteiger charge is 2.32. The maximum Gasteiger partial charge on any atom is 0.173 e. The minimum absolute atomic E-state index is 0.472. The van der Waals surface area contributed by atoms with Gasteiger partial charge in [-0.15, -0.1) is 0 Å². The van der Waals surface area contributed by atoms with Gasteiger partial charge in [-0.1, -0.05) is 92.1 Å². The highest BCUT2D eigenvalue weighted by Crippen LogP contribution is 2.44. The molecule has 0 spiro atoms. The zero-order valence-corrected chi connectivity index (χ0v) is 16.4. The standard InChI is InChI=1S/C24H26NOP/c26-27(21-14-6-2-7-15-21,22-16-8-3-9-17-22)24-19-11-10-18-23(24)25-20-12-4-1-5-13-20/h2-3,6-11,14-20,25H,1,4-5,12-13H2. The van der Waals surface area contributed by atoms with Crippen molar-refractivity contribution in [1.82, 2.24) is 0 Å². The Bertz CT molecular complexity index is 874. The first kappa shape index (κ1) is 18.1. The van der Waals surface area contributed by atoms with Gasteiger partial charge in [-0.3, -0.25) is 0 Å². The van der Waals surface area contributed by atoms with E-state index in [1.807, 2.05) is 78.9 Å². The lowest BCUT2D eigenvalue weighted by atomic mass is 9.95. The molecule has 27 heavy (non-hydrogen) atoms. The fourth-order valence-electron chi connectivity index (χ4n) is 4.04. The van der Waals surface area contributed by atoms with E-state index >= 15 is 0 Å². The topological polar surface area (TPSA) is 29.1 Å². The number of hydrogen-bond donors (Lipinski definition) is 1. The van der Waals surface area contributed by atoms with Crippen molar-refractivity contribution in [3.8, 4) is 0 Å². The molecule has 0 heterocycles. The van der Waals surface area contributed by atoms with Gasteiger partial charge in [0.2, 0.25) is 0 Å². The molecule has 0 atom stereocenters. The normalized spacial score (nSPS) is 15.4. The van der Waals surface area contributed by atoms with Crippen LogP contribution in [0.5, 0.6) is 0 Å². The fourth-order valence-corrected chi connectivity index (χ4v) is 6.85. The summed E-state index contributed by atoms with van der Waals surface area (Å²) in [5.41, 5.74) is 1.01. The Labute approximate surface area is 162 Å². The Morgan fingerprint density at radius 2 is 1.19 bits per heavy atom. The summed E-state index contributed by atoms with van der Waals surface area (Å²) in [7, 11) is -2.94. The minimum Gasteiger partial charge on any atom is -0.382 e. The first-order valence-corrected chi connectivity index (χ1v) is 11.6. The predicted octanol–water partition coefficient (Wildman–Crippen LogP) is 5.07. The predicted molar refractivity (Wildman–Crippen MR) is 116 cm³/mol. The van der Waals surface area contributed by atoms with Crippen molar-refractivity contribution in [1.29, 1.82) is 0 Å². The van der Waals surface area contributed by atoms with Crippen molar-refractivity contribution in [2.75, 3.05) is 5.32 Å². The maximum absolute atomic E-state index is 14.6. The third-order valence-corrected chi connectivity index (χ3v) is 8.57. The third kappa shape index (κ3) is 3.73. The molecule has 1 aliphatic rings. The van der Waals surface area contributed by atoms with Gasteiger partial charge in [0, 0.05) is 27.6 Å². The van der Waals surface area contributed by atoms with E-state index in [2.05, 4.69) is 11.4 Å². The number of anilines is 1. The van der Waals surface area contributed by atoms with E-state index in [1.54, 1.807) is 0 Å². The first-order chi connectivity index (χ1) is 13.3. The van der Waals surface area contributed by atoms with E-state index in [-0.39, 0.29) is 0 Å². The van der Waals surface area contributed by atoms with Crippen LogP contribution in [0.1, 0.15) is 32.1 Å². The summed E-state index contributed by atoms with van der Waals surface area (Å²) >= 11 is 0. The van der Waals surface area contributed by atoms with Gasteiger partial charge in [0.05, 0.1) is 0 Å². The van der Waals surface area contributed by atoms with Crippen LogP contribution in [0, 0.1) is 0 Å². The summed E-state index contributed by atoms with van der Waals surface area (Å²) in [5.74, 6) is 0. The van der Waals surface area contributed by atoms with Crippen LogP contribution < -0.4 is 21.2 Å². The van der Waals surface area contributed by atoms with Crippen LogP contribution >= 0.6 is 7.14 Å². The molecular formula is C24H26NOP. The van der Waals surface area contributed by atoms with Gasteiger partial charge < -0.3 is 9.88 Å². The molecule has 1 aliphatic carbocycles. The third-order valence-electron chi connectivity index (χ3n) is 5.45. The van der Waals surface area contributed by atoms with Gasteiger partial charge >= 0.3 is 0 Å². The van der Waals surface area contributed by atoms with E-state index in [0.717, 1.165) is 21.6 Å². The van der Waals surface area contributed by atoms with E-state index in [4.69, 9.17) is 0 Å². The molecule has 0 amide bonds. The number of para-hydroxylation sites is 1. The SMILES string of the molecule is O=P(c1ccccc1)(c1ccccc1)c1ccccc1NC1CCCCC1. The molecule has 0 saturated heterocycles. The molecule has 1 fully saturated rings. The highest BCUT2D eigenvalue weighted by atomic mass is 31.2. The lowest BCUT2D eigenvalue weighted by molar-refractivity contribution is 0.463. The molecule has 1 saturated carbocycles. The van der Waals surface area contributed by atoms with Gasteiger partial charge in [-0.25, -0.2) is 0 Å². The van der Waals surface area contributed by atoms with Gasteiger partial charge in [0.15, 0.2) is 7.14 Å². The molecule has 2 nitrogen and oxygen atoms in total. The molecular weight excluding hydrogens is 349 g/mol. The monoisotopic (exact) mass is 375 g/mol. The number of rotatable bonds is 5. The molecule has 0 bridgehead atoms. The van der Waals surface area contributed by atoms with Crippen molar-refractivity contribution < 1.29 is 4.57 Å². The number of hydrogen-bond acceptors (Lipinski definition) is 2. The molecule has 0 aromatic heterocycles. The molecule has 138 valence electrons. The summed E-state index contributed by atoms with van der Waals surface area (Å²) in [6.45, 7) is 0. The molecule has 4 rings (SSSR count). The first-order valence-electron chi connectivity index (χ1n) is 9.86. The van der Waals surface area contributed by atoms with Crippen LogP contribution in [0.3, 0.4) is 0 Å². The van der Waals surface area contributed by atoms with Gasteiger partial charge in [0.1, 0.15) is 0 Å². The van der Waals surface area contributed by atoms with Crippen LogP contribution in [0.15, 0.2) is 84.9 Å². The van der Waals surface area contributed by atoms with Crippen molar-refractivity contribution in [3.05, 3.63) is 84.9 Å². The molecule has 3 aromatic rings. The van der Waals surface area contributed by atoms with Crippen LogP contribution in [0.4, 0.5) is 5.69 Å². The van der Waals surface area contributed by atoms with Crippen molar-refractivity contribution in [2.45, 2.75) is 38.1 Å². The van der Waals surface area contributed by atoms with Gasteiger partial charge in [0.25, 0.3) is 0 Å². The summed E-state index contributed by atoms with van der Waals surface area (Å²) < 4.78 is 14.6. The number of benzene rings is 3. The summed E-state index contributed by atoms with van der Waals surface area (Å²) in [4.78, 5) is 0. The lowest BCUT2D eigenvalue weighted by Gasteiger charge is -2.28. The molecule has 3 heteroatoms. The van der Waals surface area contributed by atoms with Gasteiger partial charge in [-0.05, 0) is 25.0 Å². The van der Waals surface area contributed by atoms with E-state index < -0.39 is 7.14 Å². The Balaban J connectivity index is 1.83. The van der Waals surface area contributed by atoms with Gasteiger partial charge in [-0.2, -0.15) is 0 Å². The molecule has 0 radical (unpaired) electrons. The quantitative estimate of drug-likeness (QED) is 0.631. The largest absolute Gasteiger partial charge is 0.382 e. The zero-order valence-electron chi connectivity index (χ0n) is 15.6.